The molecule has 2 N–H and O–H groups in total. The molecule has 86 valence electrons. The van der Waals surface area contributed by atoms with E-state index in [9.17, 15) is 28.1 Å². The molecule has 0 saturated heterocycles. The number of alkyl halides is 2. The Morgan fingerprint density at radius 3 is 2.50 bits per heavy atom. The van der Waals surface area contributed by atoms with E-state index >= 15 is 0 Å². The normalized spacial score (nSPS) is 10.5. The molecule has 0 aliphatic rings. The highest BCUT2D eigenvalue weighted by Crippen LogP contribution is 2.32. The van der Waals surface area contributed by atoms with E-state index in [1.165, 1.54) is 0 Å². The number of amides is 1. The standard InChI is InChI=1S/C7H4F3N3O3/c8-5(9)3-2(13(15)16)1-12-6(10)4(3)7(11)14/h1,5H,(H2,11,14). The van der Waals surface area contributed by atoms with Gasteiger partial charge in [0.15, 0.2) is 0 Å². The molecule has 0 radical (unpaired) electrons. The van der Waals surface area contributed by atoms with E-state index in [1.807, 2.05) is 0 Å². The van der Waals surface area contributed by atoms with E-state index in [4.69, 9.17) is 0 Å². The van der Waals surface area contributed by atoms with Crippen LogP contribution in [0.15, 0.2) is 6.20 Å². The van der Waals surface area contributed by atoms with Crippen molar-refractivity contribution < 1.29 is 22.9 Å². The smallest absolute Gasteiger partial charge is 0.297 e. The molecule has 1 heterocycles. The summed E-state index contributed by atoms with van der Waals surface area (Å²) in [5, 5.41) is 10.4. The summed E-state index contributed by atoms with van der Waals surface area (Å²) in [4.78, 5) is 22.7. The molecule has 1 aromatic rings. The molecule has 0 saturated carbocycles. The lowest BCUT2D eigenvalue weighted by Crippen LogP contribution is -2.18. The third-order valence-corrected chi connectivity index (χ3v) is 1.71. The van der Waals surface area contributed by atoms with Crippen molar-refractivity contribution >= 4 is 11.6 Å². The summed E-state index contributed by atoms with van der Waals surface area (Å²) in [7, 11) is 0. The predicted molar refractivity (Wildman–Crippen MR) is 44.3 cm³/mol. The number of aromatic nitrogens is 1. The fourth-order valence-electron chi connectivity index (χ4n) is 1.09. The summed E-state index contributed by atoms with van der Waals surface area (Å²) >= 11 is 0. The van der Waals surface area contributed by atoms with E-state index < -0.39 is 40.0 Å². The summed E-state index contributed by atoms with van der Waals surface area (Å²) < 4.78 is 37.9. The van der Waals surface area contributed by atoms with Gasteiger partial charge in [-0.3, -0.25) is 14.9 Å². The monoisotopic (exact) mass is 235 g/mol. The molecule has 9 heteroatoms. The van der Waals surface area contributed by atoms with Crippen LogP contribution in [0.1, 0.15) is 22.3 Å². The van der Waals surface area contributed by atoms with Crippen LogP contribution >= 0.6 is 0 Å². The van der Waals surface area contributed by atoms with Gasteiger partial charge in [0, 0.05) is 0 Å². The summed E-state index contributed by atoms with van der Waals surface area (Å²) in [6.45, 7) is 0. The first-order valence-corrected chi connectivity index (χ1v) is 3.77. The predicted octanol–water partition coefficient (Wildman–Crippen LogP) is 1.17. The number of nitrogens with two attached hydrogens (primary N) is 1. The lowest BCUT2D eigenvalue weighted by Gasteiger charge is -2.06. The Bertz CT molecular complexity index is 464. The van der Waals surface area contributed by atoms with Crippen LogP contribution in [0, 0.1) is 16.1 Å². The lowest BCUT2D eigenvalue weighted by atomic mass is 10.1. The van der Waals surface area contributed by atoms with Crippen molar-refractivity contribution in [3.8, 4) is 0 Å². The van der Waals surface area contributed by atoms with E-state index in [-0.39, 0.29) is 0 Å². The van der Waals surface area contributed by atoms with Gasteiger partial charge < -0.3 is 5.73 Å². The largest absolute Gasteiger partial charge is 0.365 e. The number of primary amides is 1. The van der Waals surface area contributed by atoms with Gasteiger partial charge in [-0.1, -0.05) is 0 Å². The molecule has 0 fully saturated rings. The van der Waals surface area contributed by atoms with Crippen LogP contribution in [-0.4, -0.2) is 15.8 Å². The number of halogens is 3. The van der Waals surface area contributed by atoms with Crippen molar-refractivity contribution in [2.45, 2.75) is 6.43 Å². The summed E-state index contributed by atoms with van der Waals surface area (Å²) in [5.41, 5.74) is 0.883. The maximum Gasteiger partial charge on any atom is 0.297 e. The summed E-state index contributed by atoms with van der Waals surface area (Å²) in [6, 6.07) is 0. The van der Waals surface area contributed by atoms with Gasteiger partial charge in [-0.15, -0.1) is 0 Å². The fraction of sp³-hybridized carbons (Fsp3) is 0.143. The molecule has 0 bridgehead atoms. The Hall–Kier alpha value is -2.19. The highest BCUT2D eigenvalue weighted by Gasteiger charge is 2.31. The fourth-order valence-corrected chi connectivity index (χ4v) is 1.09. The minimum atomic E-state index is -3.40. The maximum atomic E-state index is 12.9. The molecule has 16 heavy (non-hydrogen) atoms. The van der Waals surface area contributed by atoms with E-state index in [2.05, 4.69) is 10.7 Å². The minimum Gasteiger partial charge on any atom is -0.365 e. The van der Waals surface area contributed by atoms with Gasteiger partial charge in [-0.2, -0.15) is 4.39 Å². The molecule has 0 atom stereocenters. The van der Waals surface area contributed by atoms with Gasteiger partial charge in [0.25, 0.3) is 18.0 Å². The summed E-state index contributed by atoms with van der Waals surface area (Å²) in [6.07, 6.45) is -3.09. The quantitative estimate of drug-likeness (QED) is 0.482. The van der Waals surface area contributed by atoms with Crippen LogP contribution in [0.25, 0.3) is 0 Å². The van der Waals surface area contributed by atoms with Crippen molar-refractivity contribution in [3.05, 3.63) is 33.4 Å². The Balaban J connectivity index is 3.63. The molecule has 0 unspecified atom stereocenters. The third-order valence-electron chi connectivity index (χ3n) is 1.71. The van der Waals surface area contributed by atoms with Crippen LogP contribution in [-0.2, 0) is 0 Å². The Kier molecular flexibility index (Phi) is 3.06. The number of hydrogen-bond donors (Lipinski definition) is 1. The summed E-state index contributed by atoms with van der Waals surface area (Å²) in [5.74, 6) is -3.10. The molecule has 0 aromatic carbocycles. The molecular formula is C7H4F3N3O3. The van der Waals surface area contributed by atoms with E-state index in [0.717, 1.165) is 0 Å². The second kappa shape index (κ2) is 4.13. The number of rotatable bonds is 3. The molecule has 0 aliphatic carbocycles. The van der Waals surface area contributed by atoms with Crippen molar-refractivity contribution in [2.75, 3.05) is 0 Å². The van der Waals surface area contributed by atoms with Crippen LogP contribution in [0.5, 0.6) is 0 Å². The van der Waals surface area contributed by atoms with Crippen LogP contribution < -0.4 is 5.73 Å². The van der Waals surface area contributed by atoms with Crippen molar-refractivity contribution in [2.24, 2.45) is 5.73 Å². The number of nitrogens with zero attached hydrogens (tertiary/aromatic N) is 2. The van der Waals surface area contributed by atoms with Gasteiger partial charge in [-0.05, 0) is 0 Å². The first-order valence-electron chi connectivity index (χ1n) is 3.77. The zero-order valence-electron chi connectivity index (χ0n) is 7.49. The Labute approximate surface area is 86.0 Å². The highest BCUT2D eigenvalue weighted by molar-refractivity contribution is 5.95. The minimum absolute atomic E-state index is 0.309. The molecule has 0 aliphatic heterocycles. The second-order valence-corrected chi connectivity index (χ2v) is 2.64. The highest BCUT2D eigenvalue weighted by atomic mass is 19.3. The number of nitro groups is 1. The number of carbonyl (C=O) groups excluding carboxylic acids is 1. The van der Waals surface area contributed by atoms with Crippen molar-refractivity contribution in [3.63, 3.8) is 0 Å². The SMILES string of the molecule is NC(=O)c1c(F)ncc([N+](=O)[O-])c1C(F)F. The topological polar surface area (TPSA) is 99.1 Å². The van der Waals surface area contributed by atoms with Crippen molar-refractivity contribution in [1.82, 2.24) is 4.98 Å². The first-order chi connectivity index (χ1) is 7.36. The molecule has 1 aromatic heterocycles. The second-order valence-electron chi connectivity index (χ2n) is 2.64. The molecule has 1 rings (SSSR count). The van der Waals surface area contributed by atoms with Gasteiger partial charge >= 0.3 is 0 Å². The van der Waals surface area contributed by atoms with Crippen molar-refractivity contribution in [1.29, 1.82) is 0 Å². The molecule has 1 amide bonds. The van der Waals surface area contributed by atoms with E-state index in [1.54, 1.807) is 0 Å². The zero-order valence-corrected chi connectivity index (χ0v) is 7.49. The molecule has 0 spiro atoms. The molecule has 6 nitrogen and oxygen atoms in total. The van der Waals surface area contributed by atoms with E-state index in [0.29, 0.717) is 6.20 Å². The van der Waals surface area contributed by atoms with Crippen LogP contribution in [0.2, 0.25) is 0 Å². The number of hydrogen-bond acceptors (Lipinski definition) is 4. The number of carbonyl (C=O) groups is 1. The third kappa shape index (κ3) is 1.92. The van der Waals surface area contributed by atoms with Crippen LogP contribution in [0.3, 0.4) is 0 Å². The molecular weight excluding hydrogens is 231 g/mol. The first kappa shape index (κ1) is 11.9. The lowest BCUT2D eigenvalue weighted by molar-refractivity contribution is -0.386. The van der Waals surface area contributed by atoms with Crippen LogP contribution in [0.4, 0.5) is 18.9 Å². The number of pyridine rings is 1. The van der Waals surface area contributed by atoms with Gasteiger partial charge in [0.2, 0.25) is 5.95 Å². The zero-order chi connectivity index (χ0) is 12.5. The van der Waals surface area contributed by atoms with Gasteiger partial charge in [-0.25, -0.2) is 13.8 Å². The van der Waals surface area contributed by atoms with Gasteiger partial charge in [0.05, 0.1) is 4.92 Å². The van der Waals surface area contributed by atoms with Gasteiger partial charge in [0.1, 0.15) is 17.3 Å². The Morgan fingerprint density at radius 1 is 1.56 bits per heavy atom. The maximum absolute atomic E-state index is 12.9. The Morgan fingerprint density at radius 2 is 2.12 bits per heavy atom. The average molecular weight is 235 g/mol. The average Bonchev–Trinajstić information content (AvgIpc) is 2.15.